The van der Waals surface area contributed by atoms with Crippen LogP contribution in [0, 0.1) is 13.8 Å². The van der Waals surface area contributed by atoms with Crippen molar-refractivity contribution in [2.75, 3.05) is 13.6 Å². The third-order valence-electron chi connectivity index (χ3n) is 4.23. The number of nitrogens with zero attached hydrogens (tertiary/aromatic N) is 2. The van der Waals surface area contributed by atoms with Gasteiger partial charge in [-0.15, -0.1) is 24.0 Å². The second-order valence-corrected chi connectivity index (χ2v) is 7.30. The lowest BCUT2D eigenvalue weighted by Gasteiger charge is -2.19. The molecule has 0 atom stereocenters. The van der Waals surface area contributed by atoms with Gasteiger partial charge in [0.25, 0.3) is 0 Å². The van der Waals surface area contributed by atoms with Gasteiger partial charge in [0.2, 0.25) is 5.89 Å². The van der Waals surface area contributed by atoms with Crippen LogP contribution in [0.1, 0.15) is 49.2 Å². The van der Waals surface area contributed by atoms with E-state index in [1.54, 1.807) is 7.05 Å². The maximum atomic E-state index is 5.57. The summed E-state index contributed by atoms with van der Waals surface area (Å²) in [5.74, 6) is 2.29. The number of benzene rings is 1. The van der Waals surface area contributed by atoms with Crippen molar-refractivity contribution in [2.24, 2.45) is 4.99 Å². The van der Waals surface area contributed by atoms with E-state index in [-0.39, 0.29) is 29.4 Å². The van der Waals surface area contributed by atoms with Crippen LogP contribution in [-0.2, 0) is 18.4 Å². The van der Waals surface area contributed by atoms with Gasteiger partial charge in [-0.3, -0.25) is 4.99 Å². The Hall–Kier alpha value is -1.57. The number of hydrogen-bond donors (Lipinski definition) is 2. The van der Waals surface area contributed by atoms with Crippen molar-refractivity contribution in [3.8, 4) is 0 Å². The average molecular weight is 470 g/mol. The Morgan fingerprint density at radius 1 is 1.12 bits per heavy atom. The summed E-state index contributed by atoms with van der Waals surface area (Å²) < 4.78 is 5.57. The zero-order valence-electron chi connectivity index (χ0n) is 16.6. The summed E-state index contributed by atoms with van der Waals surface area (Å²) in [5.41, 5.74) is 3.80. The van der Waals surface area contributed by atoms with Crippen LogP contribution in [0.4, 0.5) is 0 Å². The van der Waals surface area contributed by atoms with Crippen molar-refractivity contribution in [2.45, 2.75) is 53.0 Å². The van der Waals surface area contributed by atoms with Gasteiger partial charge in [-0.2, -0.15) is 0 Å². The molecule has 1 heterocycles. The van der Waals surface area contributed by atoms with Gasteiger partial charge in [0.05, 0.1) is 12.2 Å². The predicted octanol–water partition coefficient (Wildman–Crippen LogP) is 4.11. The molecule has 0 amide bonds. The van der Waals surface area contributed by atoms with Crippen molar-refractivity contribution in [1.82, 2.24) is 15.6 Å². The van der Waals surface area contributed by atoms with Gasteiger partial charge >= 0.3 is 0 Å². The molecule has 0 fully saturated rings. The summed E-state index contributed by atoms with van der Waals surface area (Å²) in [4.78, 5) is 8.60. The number of halogens is 1. The summed E-state index contributed by atoms with van der Waals surface area (Å²) in [5, 5.41) is 6.55. The van der Waals surface area contributed by atoms with Gasteiger partial charge in [0, 0.05) is 13.6 Å². The van der Waals surface area contributed by atoms with Gasteiger partial charge in [-0.25, -0.2) is 4.98 Å². The normalized spacial score (nSPS) is 11.8. The third-order valence-corrected chi connectivity index (χ3v) is 4.23. The fourth-order valence-corrected chi connectivity index (χ4v) is 2.49. The largest absolute Gasteiger partial charge is 0.444 e. The number of aliphatic imine (C=N–C) groups is 1. The number of guanidine groups is 1. The first kappa shape index (κ1) is 22.5. The maximum Gasteiger partial charge on any atom is 0.214 e. The highest BCUT2D eigenvalue weighted by molar-refractivity contribution is 14.0. The second-order valence-electron chi connectivity index (χ2n) is 7.30. The van der Waals surface area contributed by atoms with Crippen LogP contribution < -0.4 is 10.6 Å². The Labute approximate surface area is 174 Å². The molecule has 6 heteroatoms. The van der Waals surface area contributed by atoms with Crippen LogP contribution >= 0.6 is 24.0 Å². The summed E-state index contributed by atoms with van der Waals surface area (Å²) in [6.07, 6.45) is 0.947. The van der Waals surface area contributed by atoms with Gasteiger partial charge < -0.3 is 15.1 Å². The SMILES string of the molecule is CN=C(NCCc1ccc(C(C)(C)C)cc1)NCc1nc(C)c(C)o1.I. The molecule has 5 nitrogen and oxygen atoms in total. The van der Waals surface area contributed by atoms with Gasteiger partial charge in [0.15, 0.2) is 5.96 Å². The molecule has 26 heavy (non-hydrogen) atoms. The van der Waals surface area contributed by atoms with Crippen LogP contribution in [0.25, 0.3) is 0 Å². The molecule has 2 rings (SSSR count). The standard InChI is InChI=1S/C20H30N4O.HI/c1-14-15(2)25-18(24-14)13-23-19(21-6)22-12-11-16-7-9-17(10-8-16)20(3,4)5;/h7-10H,11-13H2,1-6H3,(H2,21,22,23);1H. The fraction of sp³-hybridized carbons (Fsp3) is 0.500. The second kappa shape index (κ2) is 9.94. The number of oxazole rings is 1. The van der Waals surface area contributed by atoms with E-state index in [0.29, 0.717) is 12.4 Å². The van der Waals surface area contributed by atoms with E-state index in [0.717, 1.165) is 30.4 Å². The highest BCUT2D eigenvalue weighted by Crippen LogP contribution is 2.22. The monoisotopic (exact) mass is 470 g/mol. The Bertz CT molecular complexity index is 695. The molecule has 0 aliphatic rings. The first-order valence-corrected chi connectivity index (χ1v) is 8.76. The van der Waals surface area contributed by atoms with E-state index in [9.17, 15) is 0 Å². The molecule has 2 aromatic rings. The van der Waals surface area contributed by atoms with Gasteiger partial charge in [-0.05, 0) is 36.8 Å². The van der Waals surface area contributed by atoms with E-state index in [2.05, 4.69) is 65.6 Å². The predicted molar refractivity (Wildman–Crippen MR) is 118 cm³/mol. The molecular weight excluding hydrogens is 439 g/mol. The van der Waals surface area contributed by atoms with Crippen molar-refractivity contribution in [3.05, 3.63) is 52.7 Å². The lowest BCUT2D eigenvalue weighted by molar-refractivity contribution is 0.464. The van der Waals surface area contributed by atoms with Gasteiger partial charge in [-0.1, -0.05) is 45.0 Å². The molecular formula is C20H31IN4O. The lowest BCUT2D eigenvalue weighted by Crippen LogP contribution is -2.37. The van der Waals surface area contributed by atoms with Crippen LogP contribution in [0.5, 0.6) is 0 Å². The van der Waals surface area contributed by atoms with Crippen molar-refractivity contribution >= 4 is 29.9 Å². The smallest absolute Gasteiger partial charge is 0.214 e. The van der Waals surface area contributed by atoms with Crippen molar-refractivity contribution < 1.29 is 4.42 Å². The van der Waals surface area contributed by atoms with Crippen LogP contribution in [0.3, 0.4) is 0 Å². The molecule has 0 aliphatic heterocycles. The quantitative estimate of drug-likeness (QED) is 0.392. The minimum absolute atomic E-state index is 0. The fourth-order valence-electron chi connectivity index (χ4n) is 2.49. The average Bonchev–Trinajstić information content (AvgIpc) is 2.88. The van der Waals surface area contributed by atoms with Crippen LogP contribution in [0.15, 0.2) is 33.7 Å². The number of aryl methyl sites for hydroxylation is 2. The summed E-state index contributed by atoms with van der Waals surface area (Å²) in [6, 6.07) is 8.85. The lowest BCUT2D eigenvalue weighted by atomic mass is 9.86. The molecule has 0 radical (unpaired) electrons. The Morgan fingerprint density at radius 2 is 1.77 bits per heavy atom. The first-order chi connectivity index (χ1) is 11.8. The van der Waals surface area contributed by atoms with Gasteiger partial charge in [0.1, 0.15) is 5.76 Å². The van der Waals surface area contributed by atoms with Crippen molar-refractivity contribution in [3.63, 3.8) is 0 Å². The number of aromatic nitrogens is 1. The minimum atomic E-state index is 0. The Kier molecular flexibility index (Phi) is 8.59. The molecule has 144 valence electrons. The topological polar surface area (TPSA) is 62.5 Å². The van der Waals surface area contributed by atoms with E-state index in [1.807, 2.05) is 13.8 Å². The zero-order chi connectivity index (χ0) is 18.4. The molecule has 0 saturated heterocycles. The van der Waals surface area contributed by atoms with Crippen molar-refractivity contribution in [1.29, 1.82) is 0 Å². The molecule has 0 unspecified atom stereocenters. The number of nitrogens with one attached hydrogen (secondary N) is 2. The highest BCUT2D eigenvalue weighted by atomic mass is 127. The molecule has 1 aromatic heterocycles. The molecule has 2 N–H and O–H groups in total. The van der Waals surface area contributed by atoms with E-state index in [1.165, 1.54) is 11.1 Å². The molecule has 0 bridgehead atoms. The Morgan fingerprint density at radius 3 is 2.27 bits per heavy atom. The number of hydrogen-bond acceptors (Lipinski definition) is 3. The summed E-state index contributed by atoms with van der Waals surface area (Å²) in [7, 11) is 1.76. The molecule has 0 saturated carbocycles. The molecule has 1 aromatic carbocycles. The highest BCUT2D eigenvalue weighted by Gasteiger charge is 2.12. The first-order valence-electron chi connectivity index (χ1n) is 8.76. The zero-order valence-corrected chi connectivity index (χ0v) is 19.0. The molecule has 0 aliphatic carbocycles. The van der Waals surface area contributed by atoms with E-state index in [4.69, 9.17) is 4.42 Å². The summed E-state index contributed by atoms with van der Waals surface area (Å²) >= 11 is 0. The summed E-state index contributed by atoms with van der Waals surface area (Å²) in [6.45, 7) is 11.9. The van der Waals surface area contributed by atoms with Crippen LogP contribution in [-0.4, -0.2) is 24.5 Å². The minimum Gasteiger partial charge on any atom is -0.444 e. The third kappa shape index (κ3) is 6.63. The maximum absolute atomic E-state index is 5.57. The Balaban J connectivity index is 0.00000338. The molecule has 0 spiro atoms. The van der Waals surface area contributed by atoms with E-state index < -0.39 is 0 Å². The number of rotatable bonds is 5. The van der Waals surface area contributed by atoms with E-state index >= 15 is 0 Å². The van der Waals surface area contributed by atoms with Crippen LogP contribution in [0.2, 0.25) is 0 Å².